The van der Waals surface area contributed by atoms with Crippen LogP contribution in [0.15, 0.2) is 58.8 Å². The highest BCUT2D eigenvalue weighted by Crippen LogP contribution is 2.35. The molecule has 0 aliphatic heterocycles. The van der Waals surface area contributed by atoms with Gasteiger partial charge in [-0.2, -0.15) is 0 Å². The highest BCUT2D eigenvalue weighted by Gasteiger charge is 2.12. The number of carboxylic acids is 1. The van der Waals surface area contributed by atoms with Gasteiger partial charge in [-0.1, -0.05) is 42.3 Å². The van der Waals surface area contributed by atoms with Crippen molar-refractivity contribution in [2.45, 2.75) is 13.3 Å². The molecule has 5 rings (SSSR count). The number of rotatable bonds is 4. The van der Waals surface area contributed by atoms with Crippen molar-refractivity contribution < 1.29 is 9.90 Å². The number of aromatic amines is 2. The number of anilines is 2. The number of nitrogens with zero attached hydrogens (tertiary/aromatic N) is 1. The number of aliphatic carboxylic acids is 1. The zero-order chi connectivity index (χ0) is 23.5. The summed E-state index contributed by atoms with van der Waals surface area (Å²) in [4.78, 5) is 31.9. The first-order valence-electron chi connectivity index (χ1n) is 9.87. The molecule has 0 aliphatic rings. The molecule has 3 N–H and O–H groups in total. The fourth-order valence-electron chi connectivity index (χ4n) is 3.19. The third-order valence-electron chi connectivity index (χ3n) is 4.82. The Bertz CT molecular complexity index is 1500. The van der Waals surface area contributed by atoms with E-state index in [1.807, 2.05) is 29.6 Å². The van der Waals surface area contributed by atoms with Gasteiger partial charge in [-0.05, 0) is 36.8 Å². The summed E-state index contributed by atoms with van der Waals surface area (Å²) in [5, 5.41) is 18.0. The standard InChI is InChI=1S/C20H12Cl2N4OS.C3H6O2/c21-13-2-1-3-14(22)18(13)26-20-25-16(9-28-20)10-4-5-15-12(8-10)11-6-7-23-17(11)19(27)24-15;1-2-3(4)5/h1-9,23H,(H,24,27)(H,25,26);2H2,1H3,(H,4,5)/p-1. The second kappa shape index (κ2) is 9.66. The van der Waals surface area contributed by atoms with Gasteiger partial charge >= 0.3 is 0 Å². The van der Waals surface area contributed by atoms with Gasteiger partial charge in [0.05, 0.1) is 21.4 Å². The van der Waals surface area contributed by atoms with Crippen LogP contribution in [0.5, 0.6) is 0 Å². The molecule has 0 aliphatic carbocycles. The topological polar surface area (TPSA) is 114 Å². The maximum atomic E-state index is 12.1. The number of para-hydroxylation sites is 1. The van der Waals surface area contributed by atoms with E-state index in [1.54, 1.807) is 24.4 Å². The number of thiazole rings is 1. The van der Waals surface area contributed by atoms with Crippen LogP contribution in [0.3, 0.4) is 0 Å². The number of benzene rings is 2. The predicted molar refractivity (Wildman–Crippen MR) is 133 cm³/mol. The second-order valence-corrected chi connectivity index (χ2v) is 8.64. The Kier molecular flexibility index (Phi) is 6.69. The molecule has 0 atom stereocenters. The van der Waals surface area contributed by atoms with Crippen molar-refractivity contribution in [1.82, 2.24) is 15.0 Å². The number of carbonyl (C=O) groups excluding carboxylic acids is 1. The lowest BCUT2D eigenvalue weighted by Gasteiger charge is -2.07. The smallest absolute Gasteiger partial charge is 0.272 e. The molecule has 0 saturated carbocycles. The summed E-state index contributed by atoms with van der Waals surface area (Å²) >= 11 is 13.9. The molecule has 10 heteroatoms. The van der Waals surface area contributed by atoms with Gasteiger partial charge in [-0.3, -0.25) is 4.79 Å². The number of pyridine rings is 1. The van der Waals surface area contributed by atoms with Gasteiger partial charge in [-0.25, -0.2) is 4.98 Å². The molecule has 0 saturated heterocycles. The number of hydrogen-bond acceptors (Lipinski definition) is 6. The number of halogens is 2. The molecule has 3 heterocycles. The molecular formula is C23H17Cl2N4O3S-. The van der Waals surface area contributed by atoms with E-state index in [0.29, 0.717) is 26.4 Å². The maximum Gasteiger partial charge on any atom is 0.272 e. The van der Waals surface area contributed by atoms with Gasteiger partial charge in [0.2, 0.25) is 0 Å². The molecule has 0 bridgehead atoms. The molecule has 2 aromatic carbocycles. The zero-order valence-electron chi connectivity index (χ0n) is 17.2. The zero-order valence-corrected chi connectivity index (χ0v) is 19.6. The van der Waals surface area contributed by atoms with Gasteiger partial charge in [0, 0.05) is 39.4 Å². The summed E-state index contributed by atoms with van der Waals surface area (Å²) in [5.74, 6) is -0.995. The molecular weight excluding hydrogens is 483 g/mol. The van der Waals surface area contributed by atoms with E-state index in [4.69, 9.17) is 23.2 Å². The number of H-pyrrole nitrogens is 2. The number of carbonyl (C=O) groups is 1. The van der Waals surface area contributed by atoms with Crippen LogP contribution in [-0.4, -0.2) is 20.9 Å². The van der Waals surface area contributed by atoms with Crippen LogP contribution in [0.1, 0.15) is 13.3 Å². The Morgan fingerprint density at radius 2 is 1.88 bits per heavy atom. The number of hydrogen-bond donors (Lipinski definition) is 3. The Morgan fingerprint density at radius 1 is 1.15 bits per heavy atom. The Labute approximate surface area is 202 Å². The molecule has 7 nitrogen and oxygen atoms in total. The minimum atomic E-state index is -0.995. The van der Waals surface area contributed by atoms with Crippen molar-refractivity contribution in [3.05, 3.63) is 74.4 Å². The van der Waals surface area contributed by atoms with Crippen LogP contribution in [0, 0.1) is 0 Å². The van der Waals surface area contributed by atoms with Crippen LogP contribution in [0.4, 0.5) is 10.8 Å². The molecule has 168 valence electrons. The first-order chi connectivity index (χ1) is 15.9. The average molecular weight is 500 g/mol. The maximum absolute atomic E-state index is 12.1. The van der Waals surface area contributed by atoms with E-state index in [1.165, 1.54) is 18.3 Å². The monoisotopic (exact) mass is 499 g/mol. The minimum absolute atomic E-state index is 0.111. The molecule has 5 aromatic rings. The van der Waals surface area contributed by atoms with Gasteiger partial charge < -0.3 is 25.2 Å². The van der Waals surface area contributed by atoms with Crippen molar-refractivity contribution in [3.8, 4) is 11.3 Å². The first-order valence-corrected chi connectivity index (χ1v) is 11.5. The van der Waals surface area contributed by atoms with E-state index in [2.05, 4.69) is 20.3 Å². The van der Waals surface area contributed by atoms with E-state index in [9.17, 15) is 14.7 Å². The summed E-state index contributed by atoms with van der Waals surface area (Å²) in [5.41, 5.74) is 3.65. The van der Waals surface area contributed by atoms with E-state index < -0.39 is 5.97 Å². The number of fused-ring (bicyclic) bond motifs is 3. The van der Waals surface area contributed by atoms with Crippen molar-refractivity contribution in [1.29, 1.82) is 0 Å². The van der Waals surface area contributed by atoms with Crippen molar-refractivity contribution >= 4 is 73.1 Å². The third kappa shape index (κ3) is 4.88. The SMILES string of the molecule is CCC(=O)[O-].O=c1[nH]c2ccc(-c3csc(Nc4c(Cl)cccc4Cl)n3)cc2c2cc[nH]c12. The van der Waals surface area contributed by atoms with Gasteiger partial charge in [0.25, 0.3) is 5.56 Å². The summed E-state index contributed by atoms with van der Waals surface area (Å²) in [6.07, 6.45) is 1.88. The fourth-order valence-corrected chi connectivity index (χ4v) is 4.41. The first kappa shape index (κ1) is 22.8. The van der Waals surface area contributed by atoms with E-state index >= 15 is 0 Å². The normalized spacial score (nSPS) is 10.8. The minimum Gasteiger partial charge on any atom is -0.550 e. The molecule has 0 amide bonds. The molecule has 0 spiro atoms. The van der Waals surface area contributed by atoms with Gasteiger partial charge in [0.1, 0.15) is 5.52 Å². The lowest BCUT2D eigenvalue weighted by Crippen LogP contribution is -2.19. The van der Waals surface area contributed by atoms with Crippen LogP contribution in [0.2, 0.25) is 10.0 Å². The Balaban J connectivity index is 0.000000471. The van der Waals surface area contributed by atoms with Crippen LogP contribution < -0.4 is 16.0 Å². The van der Waals surface area contributed by atoms with E-state index in [0.717, 1.165) is 27.5 Å². The summed E-state index contributed by atoms with van der Waals surface area (Å²) < 4.78 is 0. The van der Waals surface area contributed by atoms with Gasteiger partial charge in [-0.15, -0.1) is 11.3 Å². The van der Waals surface area contributed by atoms with Crippen molar-refractivity contribution in [2.75, 3.05) is 5.32 Å². The average Bonchev–Trinajstić information content (AvgIpc) is 3.47. The molecule has 33 heavy (non-hydrogen) atoms. The Morgan fingerprint density at radius 3 is 2.58 bits per heavy atom. The van der Waals surface area contributed by atoms with Crippen molar-refractivity contribution in [3.63, 3.8) is 0 Å². The summed E-state index contributed by atoms with van der Waals surface area (Å²) in [6.45, 7) is 1.54. The molecule has 0 radical (unpaired) electrons. The number of nitrogens with one attached hydrogen (secondary N) is 3. The molecule has 0 unspecified atom stereocenters. The Hall–Kier alpha value is -3.33. The highest BCUT2D eigenvalue weighted by molar-refractivity contribution is 7.14. The lowest BCUT2D eigenvalue weighted by atomic mass is 10.1. The lowest BCUT2D eigenvalue weighted by molar-refractivity contribution is -0.305. The molecule has 3 aromatic heterocycles. The van der Waals surface area contributed by atoms with Crippen LogP contribution in [0.25, 0.3) is 33.1 Å². The van der Waals surface area contributed by atoms with Gasteiger partial charge in [0.15, 0.2) is 5.13 Å². The fraction of sp³-hybridized carbons (Fsp3) is 0.0870. The van der Waals surface area contributed by atoms with Crippen LogP contribution in [-0.2, 0) is 4.79 Å². The molecule has 0 fully saturated rings. The highest BCUT2D eigenvalue weighted by atomic mass is 35.5. The third-order valence-corrected chi connectivity index (χ3v) is 6.20. The quantitative estimate of drug-likeness (QED) is 0.309. The largest absolute Gasteiger partial charge is 0.550 e. The second-order valence-electron chi connectivity index (χ2n) is 6.97. The summed E-state index contributed by atoms with van der Waals surface area (Å²) in [6, 6.07) is 13.1. The van der Waals surface area contributed by atoms with Crippen molar-refractivity contribution in [2.24, 2.45) is 0 Å². The summed E-state index contributed by atoms with van der Waals surface area (Å²) in [7, 11) is 0. The number of aromatic nitrogens is 3. The predicted octanol–water partition coefficient (Wildman–Crippen LogP) is 5.33. The van der Waals surface area contributed by atoms with Crippen LogP contribution >= 0.6 is 34.5 Å². The van der Waals surface area contributed by atoms with E-state index in [-0.39, 0.29) is 12.0 Å². The number of carboxylic acid groups (broad SMARTS) is 1.